The van der Waals surface area contributed by atoms with Gasteiger partial charge in [0.1, 0.15) is 10.8 Å². The average molecular weight is 599 g/mol. The minimum absolute atomic E-state index is 0.229. The fraction of sp³-hybridized carbons (Fsp3) is 0.265. The molecular formula is C34H38N4O4S. The van der Waals surface area contributed by atoms with Gasteiger partial charge in [-0.1, -0.05) is 55.1 Å². The van der Waals surface area contributed by atoms with Gasteiger partial charge in [-0.15, -0.1) is 11.3 Å². The van der Waals surface area contributed by atoms with Crippen LogP contribution in [0.3, 0.4) is 0 Å². The fourth-order valence-electron chi connectivity index (χ4n) is 4.69. The van der Waals surface area contributed by atoms with Gasteiger partial charge in [-0.3, -0.25) is 9.59 Å². The van der Waals surface area contributed by atoms with Gasteiger partial charge in [0.25, 0.3) is 11.8 Å². The minimum atomic E-state index is -0.883. The van der Waals surface area contributed by atoms with E-state index in [1.807, 2.05) is 66.9 Å². The normalized spacial score (nSPS) is 12.3. The van der Waals surface area contributed by atoms with Crippen LogP contribution in [0.1, 0.15) is 48.1 Å². The molecule has 3 N–H and O–H groups in total. The molecule has 1 aromatic heterocycles. The summed E-state index contributed by atoms with van der Waals surface area (Å²) < 4.78 is 5.30. The van der Waals surface area contributed by atoms with Gasteiger partial charge in [0.2, 0.25) is 0 Å². The average Bonchev–Trinajstić information content (AvgIpc) is 3.44. The van der Waals surface area contributed by atoms with Gasteiger partial charge in [-0.2, -0.15) is 0 Å². The Balaban J connectivity index is 1.49. The molecule has 0 aliphatic carbocycles. The zero-order valence-electron chi connectivity index (χ0n) is 24.7. The van der Waals surface area contributed by atoms with Crippen LogP contribution in [0, 0.1) is 6.92 Å². The SMILES string of the molecule is C=Cc1cc(C(=O)N[C@@H](Cc2ccccc2)[C@H](O)CNCc2cccc(OC)c2)cc(C(=O)N(C)Cc2nc(C)cs2)c1. The zero-order valence-corrected chi connectivity index (χ0v) is 25.6. The summed E-state index contributed by atoms with van der Waals surface area (Å²) in [5, 5.41) is 20.3. The van der Waals surface area contributed by atoms with Crippen LogP contribution in [0.5, 0.6) is 5.75 Å². The molecule has 4 aromatic rings. The number of aliphatic hydroxyl groups is 1. The van der Waals surface area contributed by atoms with Crippen molar-refractivity contribution in [2.45, 2.75) is 38.6 Å². The van der Waals surface area contributed by atoms with Crippen LogP contribution in [0.4, 0.5) is 0 Å². The Morgan fingerprint density at radius 2 is 1.81 bits per heavy atom. The molecule has 0 unspecified atom stereocenters. The highest BCUT2D eigenvalue weighted by Crippen LogP contribution is 2.18. The first-order valence-electron chi connectivity index (χ1n) is 14.1. The van der Waals surface area contributed by atoms with E-state index in [1.165, 1.54) is 11.3 Å². The summed E-state index contributed by atoms with van der Waals surface area (Å²) in [6.07, 6.45) is 1.15. The van der Waals surface area contributed by atoms with E-state index in [0.717, 1.165) is 27.6 Å². The van der Waals surface area contributed by atoms with Crippen LogP contribution < -0.4 is 15.4 Å². The first-order valence-corrected chi connectivity index (χ1v) is 14.9. The molecule has 0 bridgehead atoms. The third-order valence-electron chi connectivity index (χ3n) is 6.98. The highest BCUT2D eigenvalue weighted by molar-refractivity contribution is 7.09. The number of hydrogen-bond donors (Lipinski definition) is 3. The summed E-state index contributed by atoms with van der Waals surface area (Å²) in [6.45, 7) is 6.91. The first kappa shape index (κ1) is 31.6. The maximum absolute atomic E-state index is 13.6. The molecule has 0 aliphatic rings. The van der Waals surface area contributed by atoms with Gasteiger partial charge in [-0.25, -0.2) is 4.98 Å². The molecule has 0 spiro atoms. The molecule has 224 valence electrons. The molecule has 0 fully saturated rings. The van der Waals surface area contributed by atoms with Gasteiger partial charge < -0.3 is 25.4 Å². The van der Waals surface area contributed by atoms with Crippen LogP contribution >= 0.6 is 11.3 Å². The van der Waals surface area contributed by atoms with Crippen molar-refractivity contribution in [1.82, 2.24) is 20.5 Å². The van der Waals surface area contributed by atoms with Crippen molar-refractivity contribution in [3.05, 3.63) is 123 Å². The molecule has 0 radical (unpaired) electrons. The summed E-state index contributed by atoms with van der Waals surface area (Å²) in [7, 11) is 3.34. The van der Waals surface area contributed by atoms with Crippen molar-refractivity contribution in [2.24, 2.45) is 0 Å². The summed E-state index contributed by atoms with van der Waals surface area (Å²) in [6, 6.07) is 21.8. The Bertz CT molecular complexity index is 1540. The predicted molar refractivity (Wildman–Crippen MR) is 171 cm³/mol. The Labute approximate surface area is 257 Å². The monoisotopic (exact) mass is 598 g/mol. The molecule has 43 heavy (non-hydrogen) atoms. The number of carbonyl (C=O) groups is 2. The highest BCUT2D eigenvalue weighted by atomic mass is 32.1. The lowest BCUT2D eigenvalue weighted by Gasteiger charge is -2.25. The van der Waals surface area contributed by atoms with Gasteiger partial charge in [-0.05, 0) is 60.4 Å². The lowest BCUT2D eigenvalue weighted by atomic mass is 9.99. The van der Waals surface area contributed by atoms with Crippen molar-refractivity contribution in [2.75, 3.05) is 20.7 Å². The lowest BCUT2D eigenvalue weighted by molar-refractivity contribution is 0.0784. The van der Waals surface area contributed by atoms with E-state index in [1.54, 1.807) is 43.3 Å². The Morgan fingerprint density at radius 3 is 2.51 bits per heavy atom. The number of methoxy groups -OCH3 is 1. The molecule has 0 saturated carbocycles. The van der Waals surface area contributed by atoms with Crippen molar-refractivity contribution < 1.29 is 19.4 Å². The smallest absolute Gasteiger partial charge is 0.254 e. The number of nitrogens with one attached hydrogen (secondary N) is 2. The minimum Gasteiger partial charge on any atom is -0.497 e. The Morgan fingerprint density at radius 1 is 1.07 bits per heavy atom. The molecule has 2 amide bonds. The number of aromatic nitrogens is 1. The number of nitrogens with zero attached hydrogens (tertiary/aromatic N) is 2. The van der Waals surface area contributed by atoms with Gasteiger partial charge >= 0.3 is 0 Å². The molecule has 0 saturated heterocycles. The molecule has 2 atom stereocenters. The molecular weight excluding hydrogens is 560 g/mol. The van der Waals surface area contributed by atoms with E-state index in [-0.39, 0.29) is 18.4 Å². The number of aryl methyl sites for hydroxylation is 1. The van der Waals surface area contributed by atoms with Gasteiger partial charge in [0.15, 0.2) is 0 Å². The highest BCUT2D eigenvalue weighted by Gasteiger charge is 2.24. The third-order valence-corrected chi connectivity index (χ3v) is 7.93. The second-order valence-corrected chi connectivity index (χ2v) is 11.4. The van der Waals surface area contributed by atoms with Crippen molar-refractivity contribution in [3.63, 3.8) is 0 Å². The molecule has 3 aromatic carbocycles. The number of thiazole rings is 1. The molecule has 4 rings (SSSR count). The summed E-state index contributed by atoms with van der Waals surface area (Å²) >= 11 is 1.50. The summed E-state index contributed by atoms with van der Waals surface area (Å²) in [5.41, 5.74) is 4.25. The first-order chi connectivity index (χ1) is 20.7. The summed E-state index contributed by atoms with van der Waals surface area (Å²) in [4.78, 5) is 33.0. The maximum atomic E-state index is 13.6. The van der Waals surface area contributed by atoms with E-state index in [2.05, 4.69) is 22.2 Å². The van der Waals surface area contributed by atoms with Crippen LogP contribution in [0.2, 0.25) is 0 Å². The van der Waals surface area contributed by atoms with E-state index in [9.17, 15) is 14.7 Å². The Kier molecular flexibility index (Phi) is 11.2. The lowest BCUT2D eigenvalue weighted by Crippen LogP contribution is -2.48. The van der Waals surface area contributed by atoms with Crippen molar-refractivity contribution in [1.29, 1.82) is 0 Å². The summed E-state index contributed by atoms with van der Waals surface area (Å²) in [5.74, 6) is 0.148. The van der Waals surface area contributed by atoms with Crippen LogP contribution in [-0.2, 0) is 19.5 Å². The molecule has 9 heteroatoms. The molecule has 0 aliphatic heterocycles. The number of ether oxygens (including phenoxy) is 1. The van der Waals surface area contributed by atoms with Crippen LogP contribution in [0.15, 0.2) is 84.8 Å². The number of carbonyl (C=O) groups excluding carboxylic acids is 2. The number of benzene rings is 3. The number of rotatable bonds is 14. The fourth-order valence-corrected chi connectivity index (χ4v) is 5.51. The second kappa shape index (κ2) is 15.2. The van der Waals surface area contributed by atoms with E-state index in [4.69, 9.17) is 4.74 Å². The van der Waals surface area contributed by atoms with Crippen LogP contribution in [0.25, 0.3) is 6.08 Å². The molecule has 8 nitrogen and oxygen atoms in total. The van der Waals surface area contributed by atoms with E-state index >= 15 is 0 Å². The quantitative estimate of drug-likeness (QED) is 0.191. The third kappa shape index (κ3) is 9.09. The van der Waals surface area contributed by atoms with Gasteiger partial charge in [0.05, 0.1) is 25.8 Å². The maximum Gasteiger partial charge on any atom is 0.254 e. The van der Waals surface area contributed by atoms with Gasteiger partial charge in [0, 0.05) is 42.3 Å². The predicted octanol–water partition coefficient (Wildman–Crippen LogP) is 4.87. The standard InChI is InChI=1S/C34H38N4O4S/c1-5-24-14-27(18-28(15-24)34(41)38(3)21-32-36-23(2)22-43-32)33(40)37-30(17-25-10-7-6-8-11-25)31(39)20-35-19-26-12-9-13-29(16-26)42-4/h5-16,18,22,30-31,35,39H,1,17,19-21H2,2-4H3,(H,37,40)/t30-,31+/m0/s1. The Hall–Kier alpha value is -4.31. The van der Waals surface area contributed by atoms with Crippen molar-refractivity contribution >= 4 is 29.2 Å². The number of amides is 2. The number of aliphatic hydroxyl groups excluding tert-OH is 1. The van der Waals surface area contributed by atoms with Crippen molar-refractivity contribution in [3.8, 4) is 5.75 Å². The largest absolute Gasteiger partial charge is 0.497 e. The van der Waals surface area contributed by atoms with E-state index < -0.39 is 12.1 Å². The zero-order chi connectivity index (χ0) is 30.8. The number of hydrogen-bond acceptors (Lipinski definition) is 7. The second-order valence-electron chi connectivity index (χ2n) is 10.4. The van der Waals surface area contributed by atoms with E-state index in [0.29, 0.717) is 36.2 Å². The topological polar surface area (TPSA) is 104 Å². The van der Waals surface area contributed by atoms with Crippen LogP contribution in [-0.4, -0.2) is 59.7 Å². The molecule has 1 heterocycles.